The van der Waals surface area contributed by atoms with Crippen LogP contribution in [-0.2, 0) is 0 Å². The zero-order valence-corrected chi connectivity index (χ0v) is 11.2. The minimum Gasteiger partial charge on any atom is -0.320 e. The van der Waals surface area contributed by atoms with E-state index in [0.29, 0.717) is 4.34 Å². The minimum absolute atomic E-state index is 0.283. The third-order valence-corrected chi connectivity index (χ3v) is 4.74. The van der Waals surface area contributed by atoms with Crippen LogP contribution in [0.3, 0.4) is 0 Å². The molecule has 0 aliphatic carbocycles. The molecular formula is C11H8BrClFNS. The van der Waals surface area contributed by atoms with Gasteiger partial charge in [0.2, 0.25) is 0 Å². The van der Waals surface area contributed by atoms with E-state index in [1.54, 1.807) is 12.1 Å². The van der Waals surface area contributed by atoms with Crippen molar-refractivity contribution in [2.45, 2.75) is 6.04 Å². The molecule has 0 bridgehead atoms. The second-order valence-corrected chi connectivity index (χ2v) is 5.84. The second kappa shape index (κ2) is 4.84. The Morgan fingerprint density at radius 1 is 1.38 bits per heavy atom. The van der Waals surface area contributed by atoms with Gasteiger partial charge in [0.15, 0.2) is 0 Å². The van der Waals surface area contributed by atoms with Crippen molar-refractivity contribution in [2.24, 2.45) is 5.73 Å². The van der Waals surface area contributed by atoms with Crippen LogP contribution in [0.15, 0.2) is 34.8 Å². The van der Waals surface area contributed by atoms with Crippen molar-refractivity contribution in [1.29, 1.82) is 0 Å². The predicted molar refractivity (Wildman–Crippen MR) is 69.5 cm³/mol. The Balaban J connectivity index is 2.35. The van der Waals surface area contributed by atoms with Crippen molar-refractivity contribution in [1.82, 2.24) is 0 Å². The molecule has 2 aromatic rings. The number of hydrogen-bond donors (Lipinski definition) is 1. The predicted octanol–water partition coefficient (Wildman–Crippen LogP) is 4.35. The van der Waals surface area contributed by atoms with Gasteiger partial charge in [-0.05, 0) is 39.7 Å². The molecule has 1 atom stereocenters. The molecule has 2 rings (SSSR count). The maximum absolute atomic E-state index is 13.0. The SMILES string of the molecule is NC(c1cccc(F)c1)c1cc(Br)c(Cl)s1. The minimum atomic E-state index is -0.343. The fourth-order valence-corrected chi connectivity index (χ4v) is 3.15. The monoisotopic (exact) mass is 319 g/mol. The maximum Gasteiger partial charge on any atom is 0.123 e. The van der Waals surface area contributed by atoms with Gasteiger partial charge >= 0.3 is 0 Å². The summed E-state index contributed by atoms with van der Waals surface area (Å²) >= 11 is 10.6. The zero-order valence-electron chi connectivity index (χ0n) is 8.08. The van der Waals surface area contributed by atoms with E-state index in [1.807, 2.05) is 6.07 Å². The average molecular weight is 321 g/mol. The number of thiophene rings is 1. The van der Waals surface area contributed by atoms with Gasteiger partial charge in [0.1, 0.15) is 10.2 Å². The number of rotatable bonds is 2. The molecule has 0 fully saturated rings. The number of halogens is 3. The first-order chi connectivity index (χ1) is 7.58. The molecule has 84 valence electrons. The van der Waals surface area contributed by atoms with E-state index in [4.69, 9.17) is 17.3 Å². The fourth-order valence-electron chi connectivity index (χ4n) is 1.38. The van der Waals surface area contributed by atoms with Crippen LogP contribution in [0.1, 0.15) is 16.5 Å². The van der Waals surface area contributed by atoms with Crippen molar-refractivity contribution in [3.8, 4) is 0 Å². The van der Waals surface area contributed by atoms with Gasteiger partial charge in [-0.2, -0.15) is 0 Å². The molecule has 0 aliphatic heterocycles. The molecule has 5 heteroatoms. The molecule has 2 N–H and O–H groups in total. The van der Waals surface area contributed by atoms with Gasteiger partial charge in [0.25, 0.3) is 0 Å². The average Bonchev–Trinajstić information content (AvgIpc) is 2.58. The lowest BCUT2D eigenvalue weighted by Crippen LogP contribution is -2.10. The van der Waals surface area contributed by atoms with E-state index in [9.17, 15) is 4.39 Å². The fraction of sp³-hybridized carbons (Fsp3) is 0.0909. The van der Waals surface area contributed by atoms with Crippen LogP contribution in [0.5, 0.6) is 0 Å². The molecule has 0 spiro atoms. The van der Waals surface area contributed by atoms with Crippen molar-refractivity contribution in [2.75, 3.05) is 0 Å². The lowest BCUT2D eigenvalue weighted by atomic mass is 10.1. The van der Waals surface area contributed by atoms with Crippen molar-refractivity contribution in [3.05, 3.63) is 55.4 Å². The third-order valence-electron chi connectivity index (χ3n) is 2.18. The first-order valence-corrected chi connectivity index (χ1v) is 6.52. The van der Waals surface area contributed by atoms with Gasteiger partial charge in [0.05, 0.1) is 6.04 Å². The Morgan fingerprint density at radius 3 is 2.69 bits per heavy atom. The molecule has 16 heavy (non-hydrogen) atoms. The highest BCUT2D eigenvalue weighted by atomic mass is 79.9. The number of nitrogens with two attached hydrogens (primary N) is 1. The largest absolute Gasteiger partial charge is 0.320 e. The molecule has 1 unspecified atom stereocenters. The molecular weight excluding hydrogens is 313 g/mol. The number of hydrogen-bond acceptors (Lipinski definition) is 2. The summed E-state index contributed by atoms with van der Waals surface area (Å²) in [5.41, 5.74) is 6.77. The molecule has 0 aliphatic rings. The van der Waals surface area contributed by atoms with Crippen LogP contribution in [0.4, 0.5) is 4.39 Å². The summed E-state index contributed by atoms with van der Waals surface area (Å²) in [4.78, 5) is 0.905. The normalized spacial score (nSPS) is 12.8. The molecule has 1 heterocycles. The van der Waals surface area contributed by atoms with Crippen molar-refractivity contribution in [3.63, 3.8) is 0 Å². The van der Waals surface area contributed by atoms with Crippen LogP contribution >= 0.6 is 38.9 Å². The maximum atomic E-state index is 13.0. The summed E-state index contributed by atoms with van der Waals surface area (Å²) in [6, 6.07) is 7.80. The highest BCUT2D eigenvalue weighted by molar-refractivity contribution is 9.10. The quantitative estimate of drug-likeness (QED) is 0.874. The van der Waals surface area contributed by atoms with Gasteiger partial charge in [-0.3, -0.25) is 0 Å². The molecule has 1 aromatic heterocycles. The summed E-state index contributed by atoms with van der Waals surface area (Å²) in [7, 11) is 0. The van der Waals surface area contributed by atoms with E-state index in [2.05, 4.69) is 15.9 Å². The standard InChI is InChI=1S/C11H8BrClFNS/c12-8-5-9(16-11(8)13)10(15)6-2-1-3-7(14)4-6/h1-5,10H,15H2. The topological polar surface area (TPSA) is 26.0 Å². The zero-order chi connectivity index (χ0) is 11.7. The summed E-state index contributed by atoms with van der Waals surface area (Å²) in [5.74, 6) is -0.283. The van der Waals surface area contributed by atoms with Gasteiger partial charge in [-0.25, -0.2) is 4.39 Å². The van der Waals surface area contributed by atoms with Gasteiger partial charge in [0, 0.05) is 9.35 Å². The van der Waals surface area contributed by atoms with Crippen LogP contribution in [-0.4, -0.2) is 0 Å². The highest BCUT2D eigenvalue weighted by Crippen LogP contribution is 2.36. The van der Waals surface area contributed by atoms with Crippen LogP contribution in [0.25, 0.3) is 0 Å². The molecule has 0 saturated heterocycles. The molecule has 0 radical (unpaired) electrons. The van der Waals surface area contributed by atoms with Crippen molar-refractivity contribution >= 4 is 38.9 Å². The first kappa shape index (κ1) is 12.0. The van der Waals surface area contributed by atoms with Gasteiger partial charge in [-0.1, -0.05) is 23.7 Å². The van der Waals surface area contributed by atoms with Crippen molar-refractivity contribution < 1.29 is 4.39 Å². The van der Waals surface area contributed by atoms with E-state index in [-0.39, 0.29) is 11.9 Å². The Hall–Kier alpha value is -0.420. The Labute approximate surface area is 110 Å². The summed E-state index contributed by atoms with van der Waals surface area (Å²) in [6.45, 7) is 0. The van der Waals surface area contributed by atoms with E-state index < -0.39 is 0 Å². The lowest BCUT2D eigenvalue weighted by molar-refractivity contribution is 0.624. The Morgan fingerprint density at radius 2 is 2.12 bits per heavy atom. The van der Waals surface area contributed by atoms with Crippen LogP contribution in [0, 0.1) is 5.82 Å². The summed E-state index contributed by atoms with van der Waals surface area (Å²) in [6.07, 6.45) is 0. The summed E-state index contributed by atoms with van der Waals surface area (Å²) < 4.78 is 14.5. The third kappa shape index (κ3) is 2.46. The van der Waals surface area contributed by atoms with Crippen LogP contribution in [0.2, 0.25) is 4.34 Å². The van der Waals surface area contributed by atoms with E-state index in [0.717, 1.165) is 14.9 Å². The second-order valence-electron chi connectivity index (χ2n) is 3.30. The smallest absolute Gasteiger partial charge is 0.123 e. The number of benzene rings is 1. The Kier molecular flexibility index (Phi) is 3.64. The first-order valence-electron chi connectivity index (χ1n) is 4.53. The van der Waals surface area contributed by atoms with Crippen LogP contribution < -0.4 is 5.73 Å². The van der Waals surface area contributed by atoms with Gasteiger partial charge < -0.3 is 5.73 Å². The summed E-state index contributed by atoms with van der Waals surface area (Å²) in [5, 5.41) is 0. The molecule has 0 saturated carbocycles. The molecule has 1 aromatic carbocycles. The Bertz CT molecular complexity index is 495. The van der Waals surface area contributed by atoms with E-state index in [1.165, 1.54) is 23.5 Å². The van der Waals surface area contributed by atoms with Gasteiger partial charge in [-0.15, -0.1) is 11.3 Å². The highest BCUT2D eigenvalue weighted by Gasteiger charge is 2.14. The lowest BCUT2D eigenvalue weighted by Gasteiger charge is -2.09. The molecule has 0 amide bonds. The molecule has 1 nitrogen and oxygen atoms in total. The van der Waals surface area contributed by atoms with E-state index >= 15 is 0 Å².